The second-order valence-corrected chi connectivity index (χ2v) is 3.44. The van der Waals surface area contributed by atoms with Crippen molar-refractivity contribution >= 4 is 11.8 Å². The number of nitrogen functional groups attached to an aromatic ring is 1. The van der Waals surface area contributed by atoms with Crippen LogP contribution in [0.5, 0.6) is 0 Å². The molecule has 0 bridgehead atoms. The first kappa shape index (κ1) is 13.2. The van der Waals surface area contributed by atoms with Gasteiger partial charge in [0.25, 0.3) is 5.56 Å². The van der Waals surface area contributed by atoms with E-state index in [1.54, 1.807) is 13.8 Å². The van der Waals surface area contributed by atoms with Crippen LogP contribution >= 0.6 is 0 Å². The molecule has 7 nitrogen and oxygen atoms in total. The SMILES string of the molecule is CCOC(=O)CCc1nc(NN)c(=O)[nH]c1C. The van der Waals surface area contributed by atoms with Gasteiger partial charge in [-0.05, 0) is 13.8 Å². The van der Waals surface area contributed by atoms with Crippen LogP contribution in [0.2, 0.25) is 0 Å². The number of aromatic nitrogens is 2. The van der Waals surface area contributed by atoms with E-state index in [4.69, 9.17) is 10.6 Å². The maximum atomic E-state index is 11.3. The molecule has 0 atom stereocenters. The van der Waals surface area contributed by atoms with Gasteiger partial charge in [0.05, 0.1) is 18.7 Å². The summed E-state index contributed by atoms with van der Waals surface area (Å²) in [6.07, 6.45) is 0.619. The van der Waals surface area contributed by atoms with Crippen LogP contribution in [0.15, 0.2) is 4.79 Å². The summed E-state index contributed by atoms with van der Waals surface area (Å²) in [5.74, 6) is 4.90. The number of ether oxygens (including phenoxy) is 1. The monoisotopic (exact) mass is 240 g/mol. The zero-order chi connectivity index (χ0) is 12.8. The van der Waals surface area contributed by atoms with Crippen molar-refractivity contribution in [3.05, 3.63) is 21.7 Å². The fourth-order valence-electron chi connectivity index (χ4n) is 1.37. The van der Waals surface area contributed by atoms with Gasteiger partial charge in [-0.3, -0.25) is 9.59 Å². The summed E-state index contributed by atoms with van der Waals surface area (Å²) >= 11 is 0. The second-order valence-electron chi connectivity index (χ2n) is 3.44. The number of hydrazine groups is 1. The number of carbonyl (C=O) groups is 1. The highest BCUT2D eigenvalue weighted by Gasteiger charge is 2.09. The predicted molar refractivity (Wildman–Crippen MR) is 62.4 cm³/mol. The lowest BCUT2D eigenvalue weighted by atomic mass is 10.2. The Morgan fingerprint density at radius 3 is 2.88 bits per heavy atom. The van der Waals surface area contributed by atoms with Crippen LogP contribution in [0.3, 0.4) is 0 Å². The van der Waals surface area contributed by atoms with Crippen LogP contribution in [0.25, 0.3) is 0 Å². The van der Waals surface area contributed by atoms with Crippen molar-refractivity contribution < 1.29 is 9.53 Å². The summed E-state index contributed by atoms with van der Waals surface area (Å²) in [6, 6.07) is 0. The summed E-state index contributed by atoms with van der Waals surface area (Å²) in [7, 11) is 0. The van der Waals surface area contributed by atoms with E-state index < -0.39 is 0 Å². The summed E-state index contributed by atoms with van der Waals surface area (Å²) in [6.45, 7) is 3.82. The third-order valence-corrected chi connectivity index (χ3v) is 2.20. The van der Waals surface area contributed by atoms with Crippen molar-refractivity contribution in [2.75, 3.05) is 12.0 Å². The molecule has 0 aliphatic rings. The van der Waals surface area contributed by atoms with Crippen LogP contribution in [-0.4, -0.2) is 22.5 Å². The van der Waals surface area contributed by atoms with Crippen LogP contribution in [-0.2, 0) is 16.0 Å². The zero-order valence-electron chi connectivity index (χ0n) is 9.87. The van der Waals surface area contributed by atoms with E-state index in [1.165, 1.54) is 0 Å². The number of anilines is 1. The average Bonchev–Trinajstić information content (AvgIpc) is 2.28. The largest absolute Gasteiger partial charge is 0.466 e. The normalized spacial score (nSPS) is 10.1. The molecule has 7 heteroatoms. The highest BCUT2D eigenvalue weighted by atomic mass is 16.5. The lowest BCUT2D eigenvalue weighted by Gasteiger charge is -2.06. The Balaban J connectivity index is 2.77. The molecule has 1 aromatic heterocycles. The number of nitrogens with one attached hydrogen (secondary N) is 2. The van der Waals surface area contributed by atoms with Crippen LogP contribution in [0, 0.1) is 6.92 Å². The highest BCUT2D eigenvalue weighted by Crippen LogP contribution is 2.05. The lowest BCUT2D eigenvalue weighted by molar-refractivity contribution is -0.143. The number of aromatic amines is 1. The summed E-state index contributed by atoms with van der Waals surface area (Å²) < 4.78 is 4.80. The molecule has 0 saturated heterocycles. The Bertz CT molecular complexity index is 455. The number of hydrogen-bond donors (Lipinski definition) is 3. The molecular formula is C10H16N4O3. The van der Waals surface area contributed by atoms with Gasteiger partial charge < -0.3 is 15.1 Å². The van der Waals surface area contributed by atoms with E-state index >= 15 is 0 Å². The van der Waals surface area contributed by atoms with Crippen LogP contribution in [0.4, 0.5) is 5.82 Å². The average molecular weight is 240 g/mol. The Labute approximate surface area is 98.4 Å². The predicted octanol–water partition coefficient (Wildman–Crippen LogP) is -0.140. The van der Waals surface area contributed by atoms with Gasteiger partial charge in [0.1, 0.15) is 0 Å². The van der Waals surface area contributed by atoms with E-state index in [0.717, 1.165) is 0 Å². The first-order valence-corrected chi connectivity index (χ1v) is 5.30. The summed E-state index contributed by atoms with van der Waals surface area (Å²) in [5, 5.41) is 0. The highest BCUT2D eigenvalue weighted by molar-refractivity contribution is 5.69. The van der Waals surface area contributed by atoms with Gasteiger partial charge in [-0.2, -0.15) is 0 Å². The van der Waals surface area contributed by atoms with Gasteiger partial charge in [0, 0.05) is 12.1 Å². The number of aryl methyl sites for hydroxylation is 2. The molecular weight excluding hydrogens is 224 g/mol. The molecule has 1 heterocycles. The molecule has 0 unspecified atom stereocenters. The van der Waals surface area contributed by atoms with E-state index in [1.807, 2.05) is 0 Å². The standard InChI is InChI=1S/C10H16N4O3/c1-3-17-8(15)5-4-7-6(2)12-10(16)9(13-7)14-11/h3-5,11H2,1-2H3,(H,12,16)(H,13,14). The molecule has 1 aromatic rings. The lowest BCUT2D eigenvalue weighted by Crippen LogP contribution is -2.23. The van der Waals surface area contributed by atoms with Gasteiger partial charge in [-0.25, -0.2) is 10.8 Å². The van der Waals surface area contributed by atoms with Crippen molar-refractivity contribution in [3.63, 3.8) is 0 Å². The first-order chi connectivity index (χ1) is 8.08. The van der Waals surface area contributed by atoms with Gasteiger partial charge >= 0.3 is 5.97 Å². The van der Waals surface area contributed by atoms with Crippen LogP contribution < -0.4 is 16.8 Å². The van der Waals surface area contributed by atoms with Crippen molar-refractivity contribution in [1.82, 2.24) is 9.97 Å². The number of nitrogens with two attached hydrogens (primary N) is 1. The molecule has 4 N–H and O–H groups in total. The Morgan fingerprint density at radius 1 is 1.59 bits per heavy atom. The second kappa shape index (κ2) is 6.00. The van der Waals surface area contributed by atoms with Crippen LogP contribution in [0.1, 0.15) is 24.7 Å². The number of esters is 1. The van der Waals surface area contributed by atoms with Gasteiger partial charge in [0.15, 0.2) is 0 Å². The summed E-state index contributed by atoms with van der Waals surface area (Å²) in [5.41, 5.74) is 3.06. The van der Waals surface area contributed by atoms with Crippen molar-refractivity contribution in [2.45, 2.75) is 26.7 Å². The third-order valence-electron chi connectivity index (χ3n) is 2.20. The van der Waals surface area contributed by atoms with Crippen molar-refractivity contribution in [1.29, 1.82) is 0 Å². The molecule has 17 heavy (non-hydrogen) atoms. The zero-order valence-corrected chi connectivity index (χ0v) is 9.87. The topological polar surface area (TPSA) is 110 Å². The fraction of sp³-hybridized carbons (Fsp3) is 0.500. The van der Waals surface area contributed by atoms with Gasteiger partial charge in [-0.1, -0.05) is 0 Å². The van der Waals surface area contributed by atoms with E-state index in [0.29, 0.717) is 24.4 Å². The van der Waals surface area contributed by atoms with Crippen molar-refractivity contribution in [2.24, 2.45) is 5.84 Å². The Hall–Kier alpha value is -1.89. The molecule has 0 saturated carbocycles. The molecule has 0 aliphatic carbocycles. The minimum Gasteiger partial charge on any atom is -0.466 e. The quantitative estimate of drug-likeness (QED) is 0.375. The number of rotatable bonds is 5. The van der Waals surface area contributed by atoms with E-state index in [2.05, 4.69) is 15.4 Å². The first-order valence-electron chi connectivity index (χ1n) is 5.30. The summed E-state index contributed by atoms with van der Waals surface area (Å²) in [4.78, 5) is 29.1. The van der Waals surface area contributed by atoms with Gasteiger partial charge in [0.2, 0.25) is 5.82 Å². The molecule has 1 rings (SSSR count). The fourth-order valence-corrected chi connectivity index (χ4v) is 1.37. The molecule has 94 valence electrons. The molecule has 0 radical (unpaired) electrons. The number of hydrogen-bond acceptors (Lipinski definition) is 6. The maximum Gasteiger partial charge on any atom is 0.306 e. The minimum atomic E-state index is -0.384. The minimum absolute atomic E-state index is 0.0365. The molecule has 0 aliphatic heterocycles. The Kier molecular flexibility index (Phi) is 4.65. The number of H-pyrrole nitrogens is 1. The smallest absolute Gasteiger partial charge is 0.306 e. The maximum absolute atomic E-state index is 11.3. The third kappa shape index (κ3) is 3.56. The van der Waals surface area contributed by atoms with E-state index in [9.17, 15) is 9.59 Å². The molecule has 0 fully saturated rings. The van der Waals surface area contributed by atoms with Crippen molar-refractivity contribution in [3.8, 4) is 0 Å². The number of nitrogens with zero attached hydrogens (tertiary/aromatic N) is 1. The number of carbonyl (C=O) groups excluding carboxylic acids is 1. The molecule has 0 amide bonds. The Morgan fingerprint density at radius 2 is 2.29 bits per heavy atom. The molecule has 0 spiro atoms. The van der Waals surface area contributed by atoms with Gasteiger partial charge in [-0.15, -0.1) is 0 Å². The van der Waals surface area contributed by atoms with E-state index in [-0.39, 0.29) is 23.8 Å². The molecule has 0 aromatic carbocycles.